The number of likely N-dealkylation sites (tertiary alicyclic amines) is 1. The first-order valence-electron chi connectivity index (χ1n) is 9.12. The van der Waals surface area contributed by atoms with E-state index >= 15 is 0 Å². The van der Waals surface area contributed by atoms with Crippen LogP contribution in [-0.2, 0) is 4.74 Å². The van der Waals surface area contributed by atoms with E-state index in [1.807, 2.05) is 0 Å². The third kappa shape index (κ3) is 6.04. The van der Waals surface area contributed by atoms with Crippen LogP contribution in [0.25, 0.3) is 0 Å². The van der Waals surface area contributed by atoms with Gasteiger partial charge in [0.2, 0.25) is 0 Å². The molecule has 24 heavy (non-hydrogen) atoms. The smallest absolute Gasteiger partial charge is 0.341 e. The van der Waals surface area contributed by atoms with E-state index in [0.29, 0.717) is 30.2 Å². The van der Waals surface area contributed by atoms with Gasteiger partial charge in [0.15, 0.2) is 0 Å². The molecule has 0 saturated carbocycles. The Morgan fingerprint density at radius 1 is 1.17 bits per heavy atom. The van der Waals surface area contributed by atoms with E-state index in [9.17, 15) is 4.79 Å². The van der Waals surface area contributed by atoms with E-state index in [0.717, 1.165) is 25.8 Å². The van der Waals surface area contributed by atoms with Crippen molar-refractivity contribution in [2.24, 2.45) is 0 Å². The summed E-state index contributed by atoms with van der Waals surface area (Å²) >= 11 is 0. The number of benzene rings is 1. The first kappa shape index (κ1) is 18.6. The largest absolute Gasteiger partial charge is 0.493 e. The van der Waals surface area contributed by atoms with E-state index in [1.54, 1.807) is 18.2 Å². The van der Waals surface area contributed by atoms with E-state index in [2.05, 4.69) is 11.8 Å². The average Bonchev–Trinajstić information content (AvgIpc) is 2.60. The van der Waals surface area contributed by atoms with E-state index in [-0.39, 0.29) is 5.97 Å². The molecular weight excluding hydrogens is 304 g/mol. The fourth-order valence-corrected chi connectivity index (χ4v) is 2.87. The van der Waals surface area contributed by atoms with Crippen molar-refractivity contribution in [3.05, 3.63) is 23.8 Å². The van der Waals surface area contributed by atoms with Crippen LogP contribution in [0.3, 0.4) is 0 Å². The maximum Gasteiger partial charge on any atom is 0.341 e. The van der Waals surface area contributed by atoms with Gasteiger partial charge in [-0.3, -0.25) is 0 Å². The summed E-state index contributed by atoms with van der Waals surface area (Å²) in [6.45, 7) is 6.45. The van der Waals surface area contributed by atoms with Gasteiger partial charge in [0.25, 0.3) is 0 Å². The van der Waals surface area contributed by atoms with Gasteiger partial charge < -0.3 is 20.1 Å². The van der Waals surface area contributed by atoms with Gasteiger partial charge in [-0.05, 0) is 50.9 Å². The molecule has 0 amide bonds. The summed E-state index contributed by atoms with van der Waals surface area (Å²) in [5.41, 5.74) is 6.84. The minimum absolute atomic E-state index is 0.333. The fourth-order valence-electron chi connectivity index (χ4n) is 2.87. The number of nitrogen functional groups attached to an aromatic ring is 1. The predicted molar refractivity (Wildman–Crippen MR) is 96.4 cm³/mol. The van der Waals surface area contributed by atoms with Crippen LogP contribution in [0, 0.1) is 0 Å². The predicted octanol–water partition coefficient (Wildman–Crippen LogP) is 3.48. The number of carbonyl (C=O) groups excluding carboxylic acids is 1. The zero-order valence-electron chi connectivity index (χ0n) is 14.8. The number of ether oxygens (including phenoxy) is 2. The Morgan fingerprint density at radius 2 is 1.96 bits per heavy atom. The molecule has 1 aromatic rings. The second-order valence-electron chi connectivity index (χ2n) is 6.35. The Labute approximate surface area is 145 Å². The maximum atomic E-state index is 12.3. The first-order valence-corrected chi connectivity index (χ1v) is 9.12. The van der Waals surface area contributed by atoms with Crippen molar-refractivity contribution in [2.75, 3.05) is 38.6 Å². The Kier molecular flexibility index (Phi) is 7.89. The Balaban J connectivity index is 1.80. The highest BCUT2D eigenvalue weighted by atomic mass is 16.5. The Morgan fingerprint density at radius 3 is 2.71 bits per heavy atom. The Hall–Kier alpha value is -1.75. The molecule has 1 heterocycles. The van der Waals surface area contributed by atoms with Gasteiger partial charge >= 0.3 is 5.97 Å². The number of nitrogens with zero attached hydrogens (tertiary/aromatic N) is 1. The number of hydrogen-bond acceptors (Lipinski definition) is 5. The van der Waals surface area contributed by atoms with Crippen molar-refractivity contribution in [2.45, 2.75) is 45.4 Å². The van der Waals surface area contributed by atoms with Crippen LogP contribution in [0.5, 0.6) is 5.75 Å². The van der Waals surface area contributed by atoms with Crippen molar-refractivity contribution in [3.63, 3.8) is 0 Å². The van der Waals surface area contributed by atoms with Gasteiger partial charge in [-0.1, -0.05) is 19.8 Å². The first-order chi connectivity index (χ1) is 11.7. The number of rotatable bonds is 9. The summed E-state index contributed by atoms with van der Waals surface area (Å²) in [7, 11) is 0. The zero-order valence-corrected chi connectivity index (χ0v) is 14.8. The van der Waals surface area contributed by atoms with Crippen LogP contribution in [0.4, 0.5) is 5.69 Å². The highest BCUT2D eigenvalue weighted by molar-refractivity contribution is 5.93. The lowest BCUT2D eigenvalue weighted by atomic mass is 10.1. The number of hydrogen-bond donors (Lipinski definition) is 1. The molecule has 0 spiro atoms. The van der Waals surface area contributed by atoms with Crippen molar-refractivity contribution >= 4 is 11.7 Å². The molecule has 1 aliphatic heterocycles. The van der Waals surface area contributed by atoms with Gasteiger partial charge in [-0.25, -0.2) is 4.79 Å². The summed E-state index contributed by atoms with van der Waals surface area (Å²) < 4.78 is 11.1. The van der Waals surface area contributed by atoms with Gasteiger partial charge in [0.1, 0.15) is 11.3 Å². The minimum Gasteiger partial charge on any atom is -0.493 e. The van der Waals surface area contributed by atoms with E-state index in [4.69, 9.17) is 15.2 Å². The molecule has 0 bridgehead atoms. The summed E-state index contributed by atoms with van der Waals surface area (Å²) in [4.78, 5) is 14.7. The lowest BCUT2D eigenvalue weighted by Crippen LogP contribution is -2.31. The zero-order chi connectivity index (χ0) is 17.2. The number of nitrogens with two attached hydrogens (primary N) is 1. The van der Waals surface area contributed by atoms with Crippen LogP contribution >= 0.6 is 0 Å². The molecule has 5 nitrogen and oxygen atoms in total. The molecule has 134 valence electrons. The normalized spacial score (nSPS) is 15.2. The molecule has 0 aliphatic carbocycles. The number of esters is 1. The molecule has 0 unspecified atom stereocenters. The van der Waals surface area contributed by atoms with Gasteiger partial charge in [0.05, 0.1) is 13.2 Å². The maximum absolute atomic E-state index is 12.3. The summed E-state index contributed by atoms with van der Waals surface area (Å²) in [6, 6.07) is 5.08. The Bertz CT molecular complexity index is 513. The van der Waals surface area contributed by atoms with Crippen LogP contribution in [0.1, 0.15) is 55.8 Å². The van der Waals surface area contributed by atoms with Crippen molar-refractivity contribution in [3.8, 4) is 5.75 Å². The van der Waals surface area contributed by atoms with Gasteiger partial charge in [0, 0.05) is 18.3 Å². The average molecular weight is 334 g/mol. The van der Waals surface area contributed by atoms with Crippen LogP contribution in [-0.4, -0.2) is 43.7 Å². The third-order valence-electron chi connectivity index (χ3n) is 4.28. The topological polar surface area (TPSA) is 64.8 Å². The molecule has 1 saturated heterocycles. The molecule has 1 fully saturated rings. The number of piperidine rings is 1. The molecule has 0 atom stereocenters. The molecule has 1 aromatic carbocycles. The molecule has 1 aliphatic rings. The molecule has 0 radical (unpaired) electrons. The van der Waals surface area contributed by atoms with Crippen LogP contribution in [0.2, 0.25) is 0 Å². The third-order valence-corrected chi connectivity index (χ3v) is 4.28. The van der Waals surface area contributed by atoms with Crippen molar-refractivity contribution < 1.29 is 14.3 Å². The molecule has 0 aromatic heterocycles. The number of unbranched alkanes of at least 4 members (excludes halogenated alkanes) is 1. The molecule has 2 N–H and O–H groups in total. The fraction of sp³-hybridized carbons (Fsp3) is 0.632. The summed E-state index contributed by atoms with van der Waals surface area (Å²) in [6.07, 6.45) is 6.75. The summed E-state index contributed by atoms with van der Waals surface area (Å²) in [5.74, 6) is 0.185. The molecule has 2 rings (SSSR count). The summed E-state index contributed by atoms with van der Waals surface area (Å²) in [5, 5.41) is 0. The number of carbonyl (C=O) groups is 1. The van der Waals surface area contributed by atoms with Crippen molar-refractivity contribution in [1.29, 1.82) is 0 Å². The highest BCUT2D eigenvalue weighted by Crippen LogP contribution is 2.23. The van der Waals surface area contributed by atoms with E-state index in [1.165, 1.54) is 32.4 Å². The van der Waals surface area contributed by atoms with Gasteiger partial charge in [-0.15, -0.1) is 0 Å². The number of anilines is 1. The second kappa shape index (κ2) is 10.2. The van der Waals surface area contributed by atoms with E-state index < -0.39 is 0 Å². The SMILES string of the molecule is CCCCOc1cc(N)ccc1C(=O)OCCCN1CCCCC1. The van der Waals surface area contributed by atoms with Crippen molar-refractivity contribution in [1.82, 2.24) is 4.90 Å². The lowest BCUT2D eigenvalue weighted by Gasteiger charge is -2.26. The molecular formula is C19H30N2O3. The van der Waals surface area contributed by atoms with Crippen LogP contribution < -0.4 is 10.5 Å². The monoisotopic (exact) mass is 334 g/mol. The van der Waals surface area contributed by atoms with Crippen LogP contribution in [0.15, 0.2) is 18.2 Å². The lowest BCUT2D eigenvalue weighted by molar-refractivity contribution is 0.0481. The van der Waals surface area contributed by atoms with Gasteiger partial charge in [-0.2, -0.15) is 0 Å². The quantitative estimate of drug-likeness (QED) is 0.425. The molecule has 5 heteroatoms. The highest BCUT2D eigenvalue weighted by Gasteiger charge is 2.15. The minimum atomic E-state index is -0.333. The standard InChI is InChI=1S/C19H30N2O3/c1-2-3-13-23-18-15-16(20)8-9-17(18)19(22)24-14-7-12-21-10-5-4-6-11-21/h8-9,15H,2-7,10-14,20H2,1H3. The second-order valence-corrected chi connectivity index (χ2v) is 6.35.